The number of nitrogens with two attached hydrogens (primary N) is 1. The Morgan fingerprint density at radius 1 is 1.69 bits per heavy atom. The van der Waals surface area contributed by atoms with E-state index in [1.165, 1.54) is 0 Å². The Bertz CT molecular complexity index is 382. The monoisotopic (exact) mass is 180 g/mol. The molecule has 6 heteroatoms. The molecule has 13 heavy (non-hydrogen) atoms. The molecule has 0 bridgehead atoms. The molecule has 0 fully saturated rings. The average molecular weight is 180 g/mol. The van der Waals surface area contributed by atoms with Gasteiger partial charge in [0.2, 0.25) is 0 Å². The zero-order valence-electron chi connectivity index (χ0n) is 6.94. The number of carbonyl (C=O) groups is 1. The SMILES string of the molecule is Cc1cc(C2=NNC(=O)C2N)on1. The van der Waals surface area contributed by atoms with E-state index < -0.39 is 6.04 Å². The van der Waals surface area contributed by atoms with Crippen molar-refractivity contribution in [2.75, 3.05) is 0 Å². The van der Waals surface area contributed by atoms with E-state index in [0.717, 1.165) is 5.69 Å². The van der Waals surface area contributed by atoms with E-state index in [9.17, 15) is 4.79 Å². The van der Waals surface area contributed by atoms with Gasteiger partial charge in [0.1, 0.15) is 11.8 Å². The summed E-state index contributed by atoms with van der Waals surface area (Å²) in [5, 5.41) is 7.41. The first-order valence-corrected chi connectivity index (χ1v) is 3.75. The molecule has 1 atom stereocenters. The van der Waals surface area contributed by atoms with Gasteiger partial charge in [0, 0.05) is 6.07 Å². The molecule has 1 aliphatic rings. The minimum absolute atomic E-state index is 0.330. The van der Waals surface area contributed by atoms with Crippen molar-refractivity contribution >= 4 is 11.6 Å². The van der Waals surface area contributed by atoms with Crippen LogP contribution >= 0.6 is 0 Å². The number of carbonyl (C=O) groups excluding carboxylic acids is 1. The molecule has 1 unspecified atom stereocenters. The van der Waals surface area contributed by atoms with E-state index in [0.29, 0.717) is 11.5 Å². The maximum Gasteiger partial charge on any atom is 0.263 e. The predicted octanol–water partition coefficient (Wildman–Crippen LogP) is -0.856. The Morgan fingerprint density at radius 3 is 2.92 bits per heavy atom. The van der Waals surface area contributed by atoms with Gasteiger partial charge < -0.3 is 10.3 Å². The minimum atomic E-state index is -0.757. The van der Waals surface area contributed by atoms with E-state index in [4.69, 9.17) is 10.3 Å². The van der Waals surface area contributed by atoms with Gasteiger partial charge in [0.25, 0.3) is 5.91 Å². The van der Waals surface area contributed by atoms with Crippen LogP contribution in [0.15, 0.2) is 15.7 Å². The molecule has 1 aliphatic heterocycles. The number of nitrogens with zero attached hydrogens (tertiary/aromatic N) is 2. The summed E-state index contributed by atoms with van der Waals surface area (Å²) in [7, 11) is 0. The Morgan fingerprint density at radius 2 is 2.46 bits per heavy atom. The number of hydrogen-bond donors (Lipinski definition) is 2. The fourth-order valence-electron chi connectivity index (χ4n) is 1.07. The van der Waals surface area contributed by atoms with Gasteiger partial charge in [0.05, 0.1) is 5.69 Å². The maximum absolute atomic E-state index is 11.0. The number of aromatic nitrogens is 1. The van der Waals surface area contributed by atoms with Crippen molar-refractivity contribution in [3.05, 3.63) is 17.5 Å². The highest BCUT2D eigenvalue weighted by molar-refractivity contribution is 6.18. The predicted molar refractivity (Wildman–Crippen MR) is 43.9 cm³/mol. The maximum atomic E-state index is 11.0. The second-order valence-electron chi connectivity index (χ2n) is 2.78. The van der Waals surface area contributed by atoms with Crippen LogP contribution in [-0.4, -0.2) is 22.8 Å². The molecule has 0 aliphatic carbocycles. The van der Waals surface area contributed by atoms with Gasteiger partial charge in [-0.1, -0.05) is 5.16 Å². The molecule has 0 saturated carbocycles. The van der Waals surface area contributed by atoms with Crippen molar-refractivity contribution in [3.8, 4) is 0 Å². The van der Waals surface area contributed by atoms with Crippen LogP contribution in [0.2, 0.25) is 0 Å². The lowest BCUT2D eigenvalue weighted by molar-refractivity contribution is -0.120. The van der Waals surface area contributed by atoms with Crippen LogP contribution in [0.25, 0.3) is 0 Å². The Hall–Kier alpha value is -1.69. The summed E-state index contributed by atoms with van der Waals surface area (Å²) in [6, 6.07) is 0.922. The lowest BCUT2D eigenvalue weighted by Gasteiger charge is -1.97. The number of aryl methyl sites for hydroxylation is 1. The van der Waals surface area contributed by atoms with Crippen LogP contribution in [0.4, 0.5) is 0 Å². The van der Waals surface area contributed by atoms with E-state index >= 15 is 0 Å². The number of nitrogens with one attached hydrogen (secondary N) is 1. The third kappa shape index (κ3) is 1.20. The van der Waals surface area contributed by atoms with Gasteiger partial charge in [-0.15, -0.1) is 0 Å². The molecule has 6 nitrogen and oxygen atoms in total. The average Bonchev–Trinajstić information content (AvgIpc) is 2.62. The van der Waals surface area contributed by atoms with E-state index in [2.05, 4.69) is 15.7 Å². The second kappa shape index (κ2) is 2.67. The highest BCUT2D eigenvalue weighted by Crippen LogP contribution is 2.09. The first kappa shape index (κ1) is 7.93. The third-order valence-electron chi connectivity index (χ3n) is 1.74. The van der Waals surface area contributed by atoms with E-state index in [-0.39, 0.29) is 5.91 Å². The van der Waals surface area contributed by atoms with Gasteiger partial charge in [-0.25, -0.2) is 5.43 Å². The highest BCUT2D eigenvalue weighted by atomic mass is 16.5. The van der Waals surface area contributed by atoms with E-state index in [1.807, 2.05) is 0 Å². The normalized spacial score (nSPS) is 21.5. The summed E-state index contributed by atoms with van der Waals surface area (Å²) >= 11 is 0. The zero-order chi connectivity index (χ0) is 9.42. The molecule has 1 amide bonds. The number of amides is 1. The molecule has 2 heterocycles. The quantitative estimate of drug-likeness (QED) is 0.588. The van der Waals surface area contributed by atoms with Gasteiger partial charge >= 0.3 is 0 Å². The molecule has 1 aromatic heterocycles. The Labute approximate surface area is 73.8 Å². The van der Waals surface area contributed by atoms with E-state index in [1.54, 1.807) is 13.0 Å². The molecule has 0 radical (unpaired) electrons. The van der Waals surface area contributed by atoms with Crippen LogP contribution in [-0.2, 0) is 4.79 Å². The standard InChI is InChI=1S/C7H8N4O2/c1-3-2-4(13-11-3)6-5(8)7(12)10-9-6/h2,5H,8H2,1H3,(H,10,12). The summed E-state index contributed by atoms with van der Waals surface area (Å²) in [6.07, 6.45) is 0. The van der Waals surface area contributed by atoms with Crippen LogP contribution < -0.4 is 11.2 Å². The molecule has 0 spiro atoms. The molecule has 0 saturated heterocycles. The Balaban J connectivity index is 2.33. The van der Waals surface area contributed by atoms with Crippen molar-refractivity contribution in [3.63, 3.8) is 0 Å². The van der Waals surface area contributed by atoms with Crippen LogP contribution in [0.1, 0.15) is 11.5 Å². The second-order valence-corrected chi connectivity index (χ2v) is 2.78. The molecular weight excluding hydrogens is 172 g/mol. The van der Waals surface area contributed by atoms with Gasteiger partial charge in [-0.2, -0.15) is 5.10 Å². The highest BCUT2D eigenvalue weighted by Gasteiger charge is 2.29. The van der Waals surface area contributed by atoms with Crippen LogP contribution in [0.5, 0.6) is 0 Å². The summed E-state index contributed by atoms with van der Waals surface area (Å²) in [5.74, 6) is 0.104. The summed E-state index contributed by atoms with van der Waals surface area (Å²) in [5.41, 5.74) is 8.92. The van der Waals surface area contributed by atoms with Crippen molar-refractivity contribution in [1.82, 2.24) is 10.6 Å². The lowest BCUT2D eigenvalue weighted by atomic mass is 10.1. The first-order chi connectivity index (χ1) is 6.18. The van der Waals surface area contributed by atoms with Crippen molar-refractivity contribution < 1.29 is 9.32 Å². The summed E-state index contributed by atoms with van der Waals surface area (Å²) in [6.45, 7) is 1.78. The largest absolute Gasteiger partial charge is 0.355 e. The molecule has 1 aromatic rings. The van der Waals surface area contributed by atoms with Gasteiger partial charge in [-0.05, 0) is 6.92 Å². The minimum Gasteiger partial charge on any atom is -0.355 e. The molecule has 3 N–H and O–H groups in total. The summed E-state index contributed by atoms with van der Waals surface area (Å²) in [4.78, 5) is 11.0. The number of hydrogen-bond acceptors (Lipinski definition) is 5. The summed E-state index contributed by atoms with van der Waals surface area (Å²) < 4.78 is 4.91. The van der Waals surface area contributed by atoms with Crippen molar-refractivity contribution in [2.24, 2.45) is 10.8 Å². The van der Waals surface area contributed by atoms with Crippen molar-refractivity contribution in [2.45, 2.75) is 13.0 Å². The fourth-order valence-corrected chi connectivity index (χ4v) is 1.07. The Kier molecular flexibility index (Phi) is 1.63. The lowest BCUT2D eigenvalue weighted by Crippen LogP contribution is -2.37. The molecule has 2 rings (SSSR count). The number of rotatable bonds is 1. The molecule has 0 aromatic carbocycles. The van der Waals surface area contributed by atoms with Gasteiger partial charge in [-0.3, -0.25) is 4.79 Å². The van der Waals surface area contributed by atoms with Crippen LogP contribution in [0, 0.1) is 6.92 Å². The first-order valence-electron chi connectivity index (χ1n) is 3.75. The van der Waals surface area contributed by atoms with Crippen LogP contribution in [0.3, 0.4) is 0 Å². The smallest absolute Gasteiger partial charge is 0.263 e. The third-order valence-corrected chi connectivity index (χ3v) is 1.74. The fraction of sp³-hybridized carbons (Fsp3) is 0.286. The van der Waals surface area contributed by atoms with Crippen molar-refractivity contribution in [1.29, 1.82) is 0 Å². The number of hydrazone groups is 1. The molecule has 68 valence electrons. The topological polar surface area (TPSA) is 93.5 Å². The molecular formula is C7H8N4O2. The zero-order valence-corrected chi connectivity index (χ0v) is 6.94. The van der Waals surface area contributed by atoms with Gasteiger partial charge in [0.15, 0.2) is 5.76 Å².